The normalized spacial score (nSPS) is 10.7. The van der Waals surface area contributed by atoms with Crippen molar-refractivity contribution in [1.82, 2.24) is 10.2 Å². The van der Waals surface area contributed by atoms with Crippen LogP contribution in [0.2, 0.25) is 0 Å². The van der Waals surface area contributed by atoms with Crippen LogP contribution in [0.5, 0.6) is 11.5 Å². The van der Waals surface area contributed by atoms with Gasteiger partial charge in [0.05, 0.1) is 5.56 Å². The number of hydrogen-bond donors (Lipinski definition) is 3. The molecule has 3 N–H and O–H groups in total. The van der Waals surface area contributed by atoms with Crippen molar-refractivity contribution in [3.05, 3.63) is 23.8 Å². The highest BCUT2D eigenvalue weighted by Crippen LogP contribution is 2.21. The van der Waals surface area contributed by atoms with E-state index in [4.69, 9.17) is 0 Å². The Balaban J connectivity index is 2.49. The summed E-state index contributed by atoms with van der Waals surface area (Å²) in [7, 11) is 0. The maximum atomic E-state index is 11.8. The van der Waals surface area contributed by atoms with Gasteiger partial charge in [-0.2, -0.15) is 0 Å². The molecule has 0 spiro atoms. The van der Waals surface area contributed by atoms with Crippen LogP contribution in [0.3, 0.4) is 0 Å². The highest BCUT2D eigenvalue weighted by molar-refractivity contribution is 5.97. The number of amides is 1. The maximum absolute atomic E-state index is 11.8. The van der Waals surface area contributed by atoms with Gasteiger partial charge in [0.25, 0.3) is 5.91 Å². The van der Waals surface area contributed by atoms with E-state index < -0.39 is 0 Å². The minimum Gasteiger partial charge on any atom is -0.508 e. The fourth-order valence-corrected chi connectivity index (χ4v) is 1.87. The molecule has 5 nitrogen and oxygen atoms in total. The van der Waals surface area contributed by atoms with Gasteiger partial charge < -0.3 is 20.4 Å². The molecule has 1 amide bonds. The van der Waals surface area contributed by atoms with E-state index in [2.05, 4.69) is 24.1 Å². The molecule has 0 atom stereocenters. The number of benzene rings is 1. The molecule has 19 heavy (non-hydrogen) atoms. The number of carbonyl (C=O) groups is 1. The topological polar surface area (TPSA) is 72.8 Å². The average molecular weight is 266 g/mol. The first-order chi connectivity index (χ1) is 9.08. The van der Waals surface area contributed by atoms with Crippen LogP contribution in [0.15, 0.2) is 18.2 Å². The van der Waals surface area contributed by atoms with Gasteiger partial charge in [-0.3, -0.25) is 4.79 Å². The van der Waals surface area contributed by atoms with Gasteiger partial charge in [-0.1, -0.05) is 13.8 Å². The highest BCUT2D eigenvalue weighted by atomic mass is 16.3. The molecule has 0 aliphatic heterocycles. The summed E-state index contributed by atoms with van der Waals surface area (Å²) in [5, 5.41) is 21.6. The molecule has 1 rings (SSSR count). The lowest BCUT2D eigenvalue weighted by Crippen LogP contribution is -2.35. The van der Waals surface area contributed by atoms with E-state index in [1.54, 1.807) is 0 Å². The fraction of sp³-hybridized carbons (Fsp3) is 0.500. The van der Waals surface area contributed by atoms with E-state index in [0.717, 1.165) is 26.1 Å². The number of phenols is 2. The predicted octanol–water partition coefficient (Wildman–Crippen LogP) is 1.56. The highest BCUT2D eigenvalue weighted by Gasteiger charge is 2.11. The third kappa shape index (κ3) is 4.79. The Bertz CT molecular complexity index is 421. The summed E-state index contributed by atoms with van der Waals surface area (Å²) in [6, 6.07) is 3.90. The number of rotatable bonds is 7. The molecule has 1 aromatic carbocycles. The molecule has 0 unspecified atom stereocenters. The monoisotopic (exact) mass is 266 g/mol. The van der Waals surface area contributed by atoms with Crippen LogP contribution in [-0.4, -0.2) is 47.2 Å². The quantitative estimate of drug-likeness (QED) is 0.655. The van der Waals surface area contributed by atoms with Crippen molar-refractivity contribution in [2.45, 2.75) is 20.3 Å². The van der Waals surface area contributed by atoms with Crippen LogP contribution < -0.4 is 5.32 Å². The van der Waals surface area contributed by atoms with Crippen molar-refractivity contribution in [2.24, 2.45) is 0 Å². The van der Waals surface area contributed by atoms with Gasteiger partial charge in [0.15, 0.2) is 0 Å². The second-order valence-corrected chi connectivity index (χ2v) is 4.39. The molecule has 0 aromatic heterocycles. The minimum atomic E-state index is -0.374. The van der Waals surface area contributed by atoms with Crippen LogP contribution >= 0.6 is 0 Å². The fourth-order valence-electron chi connectivity index (χ4n) is 1.87. The molecule has 106 valence electrons. The third-order valence-electron chi connectivity index (χ3n) is 2.93. The molecule has 0 heterocycles. The minimum absolute atomic E-state index is 0.0379. The summed E-state index contributed by atoms with van der Waals surface area (Å²) in [6.45, 7) is 7.44. The van der Waals surface area contributed by atoms with E-state index in [1.807, 2.05) is 0 Å². The molecule has 0 bridgehead atoms. The Morgan fingerprint density at radius 3 is 2.63 bits per heavy atom. The van der Waals surface area contributed by atoms with E-state index in [0.29, 0.717) is 6.54 Å². The summed E-state index contributed by atoms with van der Waals surface area (Å²) < 4.78 is 0. The zero-order valence-electron chi connectivity index (χ0n) is 11.5. The molecule has 0 aliphatic rings. The summed E-state index contributed by atoms with van der Waals surface area (Å²) in [5.41, 5.74) is 0.0959. The van der Waals surface area contributed by atoms with Crippen LogP contribution in [0.1, 0.15) is 30.6 Å². The largest absolute Gasteiger partial charge is 0.508 e. The van der Waals surface area contributed by atoms with Crippen molar-refractivity contribution in [2.75, 3.05) is 26.2 Å². The standard InChI is InChI=1S/C14H22N2O3/c1-3-8-16(4-2)9-7-15-14(19)12-10-11(17)5-6-13(12)18/h5-6,10,17-18H,3-4,7-9H2,1-2H3,(H,15,19). The molecule has 0 radical (unpaired) electrons. The summed E-state index contributed by atoms with van der Waals surface area (Å²) in [4.78, 5) is 14.1. The second kappa shape index (κ2) is 7.63. The van der Waals surface area contributed by atoms with E-state index in [1.165, 1.54) is 18.2 Å². The summed E-state index contributed by atoms with van der Waals surface area (Å²) in [5.74, 6) is -0.540. The number of aromatic hydroxyl groups is 2. The number of likely N-dealkylation sites (N-methyl/N-ethyl adjacent to an activating group) is 1. The first-order valence-electron chi connectivity index (χ1n) is 6.61. The second-order valence-electron chi connectivity index (χ2n) is 4.39. The van der Waals surface area contributed by atoms with Crippen molar-refractivity contribution in [3.63, 3.8) is 0 Å². The molecule has 0 saturated heterocycles. The van der Waals surface area contributed by atoms with Crippen molar-refractivity contribution < 1.29 is 15.0 Å². The molecule has 0 aliphatic carbocycles. The van der Waals surface area contributed by atoms with Gasteiger partial charge in [-0.25, -0.2) is 0 Å². The molecular formula is C14H22N2O3. The van der Waals surface area contributed by atoms with Crippen LogP contribution in [0, 0.1) is 0 Å². The van der Waals surface area contributed by atoms with E-state index in [-0.39, 0.29) is 23.0 Å². The Morgan fingerprint density at radius 2 is 2.00 bits per heavy atom. The molecule has 0 saturated carbocycles. The van der Waals surface area contributed by atoms with E-state index >= 15 is 0 Å². The number of phenolic OH excluding ortho intramolecular Hbond substituents is 2. The van der Waals surface area contributed by atoms with Crippen LogP contribution in [0.4, 0.5) is 0 Å². The lowest BCUT2D eigenvalue weighted by Gasteiger charge is -2.19. The molecule has 0 fully saturated rings. The van der Waals surface area contributed by atoms with Crippen molar-refractivity contribution in [1.29, 1.82) is 0 Å². The lowest BCUT2D eigenvalue weighted by molar-refractivity contribution is 0.0945. The predicted molar refractivity (Wildman–Crippen MR) is 74.5 cm³/mol. The van der Waals surface area contributed by atoms with Crippen LogP contribution in [0.25, 0.3) is 0 Å². The molecule has 1 aromatic rings. The third-order valence-corrected chi connectivity index (χ3v) is 2.93. The average Bonchev–Trinajstić information content (AvgIpc) is 2.40. The van der Waals surface area contributed by atoms with Gasteiger partial charge in [0, 0.05) is 13.1 Å². The lowest BCUT2D eigenvalue weighted by atomic mass is 10.2. The smallest absolute Gasteiger partial charge is 0.255 e. The van der Waals surface area contributed by atoms with E-state index in [9.17, 15) is 15.0 Å². The number of hydrogen-bond acceptors (Lipinski definition) is 4. The van der Waals surface area contributed by atoms with Gasteiger partial charge in [0.2, 0.25) is 0 Å². The van der Waals surface area contributed by atoms with Gasteiger partial charge in [-0.05, 0) is 37.7 Å². The number of nitrogens with one attached hydrogen (secondary N) is 1. The van der Waals surface area contributed by atoms with Crippen molar-refractivity contribution in [3.8, 4) is 11.5 Å². The first-order valence-corrected chi connectivity index (χ1v) is 6.61. The Kier molecular flexibility index (Phi) is 6.15. The Labute approximate surface area is 113 Å². The Hall–Kier alpha value is -1.75. The number of carbonyl (C=O) groups excluding carboxylic acids is 1. The maximum Gasteiger partial charge on any atom is 0.255 e. The zero-order valence-corrected chi connectivity index (χ0v) is 11.5. The Morgan fingerprint density at radius 1 is 1.26 bits per heavy atom. The van der Waals surface area contributed by atoms with Gasteiger partial charge in [0.1, 0.15) is 11.5 Å². The summed E-state index contributed by atoms with van der Waals surface area (Å²) in [6.07, 6.45) is 1.08. The summed E-state index contributed by atoms with van der Waals surface area (Å²) >= 11 is 0. The van der Waals surface area contributed by atoms with Crippen LogP contribution in [-0.2, 0) is 0 Å². The molecular weight excluding hydrogens is 244 g/mol. The first kappa shape index (κ1) is 15.3. The van der Waals surface area contributed by atoms with Crippen molar-refractivity contribution >= 4 is 5.91 Å². The van der Waals surface area contributed by atoms with Gasteiger partial charge in [-0.15, -0.1) is 0 Å². The van der Waals surface area contributed by atoms with Gasteiger partial charge >= 0.3 is 0 Å². The zero-order chi connectivity index (χ0) is 14.3. The SMILES string of the molecule is CCCN(CC)CCNC(=O)c1cc(O)ccc1O. The molecule has 5 heteroatoms. The number of nitrogens with zero attached hydrogens (tertiary/aromatic N) is 1.